The first-order valence-corrected chi connectivity index (χ1v) is 10.6. The van der Waals surface area contributed by atoms with Crippen molar-refractivity contribution in [3.8, 4) is 11.5 Å². The molecule has 0 saturated heterocycles. The number of nitrogens with zero attached hydrogens (tertiary/aromatic N) is 1. The molecule has 1 N–H and O–H groups in total. The van der Waals surface area contributed by atoms with Crippen LogP contribution in [0, 0.1) is 0 Å². The van der Waals surface area contributed by atoms with E-state index in [4.69, 9.17) is 9.47 Å². The summed E-state index contributed by atoms with van der Waals surface area (Å²) in [5, 5.41) is 2.74. The van der Waals surface area contributed by atoms with Crippen LogP contribution in [0.2, 0.25) is 0 Å². The molecule has 0 unspecified atom stereocenters. The van der Waals surface area contributed by atoms with Crippen LogP contribution in [0.25, 0.3) is 6.08 Å². The van der Waals surface area contributed by atoms with E-state index >= 15 is 0 Å². The van der Waals surface area contributed by atoms with E-state index in [0.29, 0.717) is 35.8 Å². The number of rotatable bonds is 9. The summed E-state index contributed by atoms with van der Waals surface area (Å²) in [4.78, 5) is 12.5. The number of carbonyl (C=O) groups excluding carboxylic acids is 1. The van der Waals surface area contributed by atoms with Crippen molar-refractivity contribution in [1.82, 2.24) is 4.31 Å². The summed E-state index contributed by atoms with van der Waals surface area (Å²) in [5.41, 5.74) is 1.19. The second-order valence-corrected chi connectivity index (χ2v) is 7.99. The van der Waals surface area contributed by atoms with Gasteiger partial charge in [0, 0.05) is 25.2 Å². The van der Waals surface area contributed by atoms with Crippen LogP contribution in [0.15, 0.2) is 53.4 Å². The summed E-state index contributed by atoms with van der Waals surface area (Å²) in [6, 6.07) is 11.5. The summed E-state index contributed by atoms with van der Waals surface area (Å²) < 4.78 is 36.8. The van der Waals surface area contributed by atoms with Crippen molar-refractivity contribution >= 4 is 27.7 Å². The van der Waals surface area contributed by atoms with Gasteiger partial charge in [-0.3, -0.25) is 4.79 Å². The molecule has 2 aromatic rings. The van der Waals surface area contributed by atoms with E-state index in [9.17, 15) is 13.2 Å². The molecule has 0 radical (unpaired) electrons. The van der Waals surface area contributed by atoms with Crippen molar-refractivity contribution in [1.29, 1.82) is 0 Å². The zero-order valence-electron chi connectivity index (χ0n) is 17.0. The maximum atomic E-state index is 12.5. The number of hydrogen-bond donors (Lipinski definition) is 1. The van der Waals surface area contributed by atoms with Crippen LogP contribution >= 0.6 is 0 Å². The van der Waals surface area contributed by atoms with Crippen molar-refractivity contribution < 1.29 is 22.7 Å². The standard InChI is InChI=1S/C21H26N2O5S/c1-5-23(6-2)29(25,26)18-11-7-16(8-12-18)9-14-21(24)22-19-15-17(27-3)10-13-20(19)28-4/h7-15H,5-6H2,1-4H3,(H,22,24). The third-order valence-electron chi connectivity index (χ3n) is 4.31. The summed E-state index contributed by atoms with van der Waals surface area (Å²) in [5.74, 6) is 0.755. The Balaban J connectivity index is 2.12. The van der Waals surface area contributed by atoms with E-state index in [-0.39, 0.29) is 10.8 Å². The number of carbonyl (C=O) groups is 1. The second kappa shape index (κ2) is 10.1. The molecule has 0 fully saturated rings. The SMILES string of the molecule is CCN(CC)S(=O)(=O)c1ccc(C=CC(=O)Nc2cc(OC)ccc2OC)cc1. The van der Waals surface area contributed by atoms with Crippen molar-refractivity contribution in [2.24, 2.45) is 0 Å². The topological polar surface area (TPSA) is 84.9 Å². The van der Waals surface area contributed by atoms with Gasteiger partial charge in [0.15, 0.2) is 0 Å². The normalized spacial score (nSPS) is 11.6. The lowest BCUT2D eigenvalue weighted by molar-refractivity contribution is -0.111. The Morgan fingerprint density at radius 1 is 1.03 bits per heavy atom. The minimum Gasteiger partial charge on any atom is -0.497 e. The van der Waals surface area contributed by atoms with Crippen molar-refractivity contribution in [3.63, 3.8) is 0 Å². The second-order valence-electron chi connectivity index (χ2n) is 6.05. The first kappa shape index (κ1) is 22.4. The largest absolute Gasteiger partial charge is 0.497 e. The van der Waals surface area contributed by atoms with E-state index in [1.165, 1.54) is 36.7 Å². The fraction of sp³-hybridized carbons (Fsp3) is 0.286. The molecule has 29 heavy (non-hydrogen) atoms. The molecule has 0 aliphatic rings. The molecule has 0 heterocycles. The molecular weight excluding hydrogens is 392 g/mol. The highest BCUT2D eigenvalue weighted by molar-refractivity contribution is 7.89. The number of benzene rings is 2. The summed E-state index contributed by atoms with van der Waals surface area (Å²) in [6.07, 6.45) is 2.97. The fourth-order valence-corrected chi connectivity index (χ4v) is 4.18. The molecule has 0 aromatic heterocycles. The Bertz CT molecular complexity index is 965. The highest BCUT2D eigenvalue weighted by Gasteiger charge is 2.20. The van der Waals surface area contributed by atoms with Crippen LogP contribution in [0.3, 0.4) is 0 Å². The number of nitrogens with one attached hydrogen (secondary N) is 1. The van der Waals surface area contributed by atoms with Crippen LogP contribution in [0.5, 0.6) is 11.5 Å². The summed E-state index contributed by atoms with van der Waals surface area (Å²) in [7, 11) is -0.446. The predicted octanol–water partition coefficient (Wildman–Crippen LogP) is 3.39. The van der Waals surface area contributed by atoms with Gasteiger partial charge >= 0.3 is 0 Å². The molecule has 156 valence electrons. The smallest absolute Gasteiger partial charge is 0.248 e. The highest BCUT2D eigenvalue weighted by atomic mass is 32.2. The van der Waals surface area contributed by atoms with E-state index in [1.54, 1.807) is 50.3 Å². The van der Waals surface area contributed by atoms with Gasteiger partial charge in [-0.15, -0.1) is 0 Å². The lowest BCUT2D eigenvalue weighted by atomic mass is 10.2. The number of hydrogen-bond acceptors (Lipinski definition) is 5. The molecule has 0 atom stereocenters. The van der Waals surface area contributed by atoms with Gasteiger partial charge in [-0.25, -0.2) is 8.42 Å². The lowest BCUT2D eigenvalue weighted by Crippen LogP contribution is -2.30. The van der Waals surface area contributed by atoms with Crippen LogP contribution in [-0.2, 0) is 14.8 Å². The van der Waals surface area contributed by atoms with Crippen molar-refractivity contribution in [2.45, 2.75) is 18.7 Å². The first-order valence-electron chi connectivity index (χ1n) is 9.17. The first-order chi connectivity index (χ1) is 13.8. The van der Waals surface area contributed by atoms with E-state index < -0.39 is 10.0 Å². The summed E-state index contributed by atoms with van der Waals surface area (Å²) >= 11 is 0. The monoisotopic (exact) mass is 418 g/mol. The molecule has 2 rings (SSSR count). The maximum absolute atomic E-state index is 12.5. The van der Waals surface area contributed by atoms with Crippen molar-refractivity contribution in [2.75, 3.05) is 32.6 Å². The molecule has 0 bridgehead atoms. The molecule has 0 spiro atoms. The van der Waals surface area contributed by atoms with Gasteiger partial charge in [0.25, 0.3) is 0 Å². The lowest BCUT2D eigenvalue weighted by Gasteiger charge is -2.18. The van der Waals surface area contributed by atoms with Gasteiger partial charge in [-0.05, 0) is 35.9 Å². The molecule has 7 nitrogen and oxygen atoms in total. The van der Waals surface area contributed by atoms with Gasteiger partial charge in [-0.2, -0.15) is 4.31 Å². The minimum absolute atomic E-state index is 0.226. The number of sulfonamides is 1. The average molecular weight is 419 g/mol. The highest BCUT2D eigenvalue weighted by Crippen LogP contribution is 2.28. The van der Waals surface area contributed by atoms with Crippen molar-refractivity contribution in [3.05, 3.63) is 54.1 Å². The Morgan fingerprint density at radius 2 is 1.69 bits per heavy atom. The van der Waals surface area contributed by atoms with Crippen LogP contribution < -0.4 is 14.8 Å². The third-order valence-corrected chi connectivity index (χ3v) is 6.38. The molecule has 1 amide bonds. The molecular formula is C21H26N2O5S. The number of amides is 1. The van der Waals surface area contributed by atoms with Gasteiger partial charge < -0.3 is 14.8 Å². The van der Waals surface area contributed by atoms with Gasteiger partial charge in [-0.1, -0.05) is 26.0 Å². The molecule has 2 aromatic carbocycles. The number of ether oxygens (including phenoxy) is 2. The minimum atomic E-state index is -3.50. The van der Waals surface area contributed by atoms with E-state index in [1.807, 2.05) is 0 Å². The molecule has 0 aliphatic carbocycles. The molecule has 8 heteroatoms. The van der Waals surface area contributed by atoms with Gasteiger partial charge in [0.2, 0.25) is 15.9 Å². The number of anilines is 1. The quantitative estimate of drug-likeness (QED) is 0.631. The fourth-order valence-electron chi connectivity index (χ4n) is 2.72. The Labute approximate surface area is 172 Å². The summed E-state index contributed by atoms with van der Waals surface area (Å²) in [6.45, 7) is 4.42. The third kappa shape index (κ3) is 5.58. The zero-order valence-corrected chi connectivity index (χ0v) is 17.8. The molecule has 0 aliphatic heterocycles. The van der Waals surface area contributed by atoms with Gasteiger partial charge in [0.1, 0.15) is 11.5 Å². The van der Waals surface area contributed by atoms with E-state index in [0.717, 1.165) is 0 Å². The zero-order chi connectivity index (χ0) is 21.4. The van der Waals surface area contributed by atoms with Crippen LogP contribution in [0.1, 0.15) is 19.4 Å². The van der Waals surface area contributed by atoms with Crippen LogP contribution in [0.4, 0.5) is 5.69 Å². The van der Waals surface area contributed by atoms with E-state index in [2.05, 4.69) is 5.32 Å². The maximum Gasteiger partial charge on any atom is 0.248 e. The Kier molecular flexibility index (Phi) is 7.81. The number of methoxy groups -OCH3 is 2. The Morgan fingerprint density at radius 3 is 2.24 bits per heavy atom. The average Bonchev–Trinajstić information content (AvgIpc) is 2.73. The molecule has 0 saturated carbocycles. The predicted molar refractivity (Wildman–Crippen MR) is 114 cm³/mol. The van der Waals surface area contributed by atoms with Crippen LogP contribution in [-0.4, -0.2) is 45.9 Å². The Hall–Kier alpha value is -2.84. The van der Waals surface area contributed by atoms with Gasteiger partial charge in [0.05, 0.1) is 24.8 Å².